The number of nitrogens with two attached hydrogens (primary N) is 1. The molecule has 0 saturated heterocycles. The zero-order chi connectivity index (χ0) is 13.9. The summed E-state index contributed by atoms with van der Waals surface area (Å²) in [6.45, 7) is 0. The Morgan fingerprint density at radius 2 is 1.78 bits per heavy atom. The van der Waals surface area contributed by atoms with E-state index >= 15 is 0 Å². The van der Waals surface area contributed by atoms with E-state index in [-0.39, 0.29) is 11.5 Å². The van der Waals surface area contributed by atoms with Gasteiger partial charge in [-0.2, -0.15) is 0 Å². The van der Waals surface area contributed by atoms with E-state index < -0.39 is 35.6 Å². The second-order valence-corrected chi connectivity index (χ2v) is 3.54. The molecular formula is C11H13F2NO4. The number of methoxy groups -OCH3 is 2. The van der Waals surface area contributed by atoms with E-state index in [4.69, 9.17) is 20.3 Å². The summed E-state index contributed by atoms with van der Waals surface area (Å²) in [6, 6.07) is -0.369. The molecule has 0 spiro atoms. The number of halogens is 2. The molecule has 0 fully saturated rings. The summed E-state index contributed by atoms with van der Waals surface area (Å²) in [5, 5.41) is 8.65. The van der Waals surface area contributed by atoms with Gasteiger partial charge in [-0.3, -0.25) is 4.79 Å². The molecule has 0 bridgehead atoms. The first kappa shape index (κ1) is 14.2. The number of aliphatic carboxylic acids is 1. The van der Waals surface area contributed by atoms with Gasteiger partial charge >= 0.3 is 5.97 Å². The van der Waals surface area contributed by atoms with Crippen LogP contribution < -0.4 is 15.2 Å². The summed E-state index contributed by atoms with van der Waals surface area (Å²) in [7, 11) is 2.41. The van der Waals surface area contributed by atoms with Crippen LogP contribution in [0.1, 0.15) is 5.56 Å². The molecule has 100 valence electrons. The summed E-state index contributed by atoms with van der Waals surface area (Å²) < 4.78 is 37.0. The molecule has 0 aliphatic heterocycles. The average Bonchev–Trinajstić information content (AvgIpc) is 2.34. The number of rotatable bonds is 5. The first-order valence-corrected chi connectivity index (χ1v) is 4.99. The minimum Gasteiger partial charge on any atom is -0.494 e. The van der Waals surface area contributed by atoms with Gasteiger partial charge in [-0.05, 0) is 0 Å². The number of carbonyl (C=O) groups is 1. The molecule has 1 rings (SSSR count). The Kier molecular flexibility index (Phi) is 4.43. The summed E-state index contributed by atoms with van der Waals surface area (Å²) in [4.78, 5) is 10.6. The maximum absolute atomic E-state index is 13.8. The summed E-state index contributed by atoms with van der Waals surface area (Å²) in [5.41, 5.74) is 4.78. The molecule has 5 nitrogen and oxygen atoms in total. The number of hydrogen-bond donors (Lipinski definition) is 2. The van der Waals surface area contributed by atoms with Crippen molar-refractivity contribution >= 4 is 5.97 Å². The number of carboxylic acids is 1. The van der Waals surface area contributed by atoms with Crippen molar-refractivity contribution in [1.29, 1.82) is 0 Å². The van der Waals surface area contributed by atoms with Crippen LogP contribution in [0.4, 0.5) is 8.78 Å². The molecule has 1 unspecified atom stereocenters. The maximum Gasteiger partial charge on any atom is 0.320 e. The SMILES string of the molecule is COc1cc(OC)c(F)c(CC(N)C(=O)O)c1F. The molecule has 1 atom stereocenters. The molecule has 3 N–H and O–H groups in total. The highest BCUT2D eigenvalue weighted by Gasteiger charge is 2.24. The molecule has 7 heteroatoms. The zero-order valence-electron chi connectivity index (χ0n) is 9.87. The van der Waals surface area contributed by atoms with E-state index in [1.807, 2.05) is 0 Å². The van der Waals surface area contributed by atoms with Crippen molar-refractivity contribution in [3.63, 3.8) is 0 Å². The van der Waals surface area contributed by atoms with Crippen molar-refractivity contribution < 1.29 is 28.2 Å². The van der Waals surface area contributed by atoms with Gasteiger partial charge in [0, 0.05) is 18.1 Å². The van der Waals surface area contributed by atoms with Crippen molar-refractivity contribution in [2.45, 2.75) is 12.5 Å². The average molecular weight is 261 g/mol. The summed E-state index contributed by atoms with van der Waals surface area (Å²) in [6.07, 6.45) is -0.499. The van der Waals surface area contributed by atoms with E-state index in [2.05, 4.69) is 0 Å². The highest BCUT2D eigenvalue weighted by molar-refractivity contribution is 5.73. The number of hydrogen-bond acceptors (Lipinski definition) is 4. The zero-order valence-corrected chi connectivity index (χ0v) is 9.87. The molecule has 1 aromatic carbocycles. The standard InChI is InChI=1S/C11H13F2NO4/c1-17-7-4-8(18-2)10(13)5(9(7)12)3-6(14)11(15)16/h4,6H,3,14H2,1-2H3,(H,15,16). The molecule has 18 heavy (non-hydrogen) atoms. The molecule has 0 saturated carbocycles. The Morgan fingerprint density at radius 3 is 2.11 bits per heavy atom. The van der Waals surface area contributed by atoms with Crippen LogP contribution in [-0.4, -0.2) is 31.3 Å². The summed E-state index contributed by atoms with van der Waals surface area (Å²) in [5.74, 6) is -3.78. The topological polar surface area (TPSA) is 81.8 Å². The van der Waals surface area contributed by atoms with Gasteiger partial charge in [0.2, 0.25) is 0 Å². The van der Waals surface area contributed by atoms with Crippen LogP contribution in [-0.2, 0) is 11.2 Å². The predicted molar refractivity (Wildman–Crippen MR) is 58.8 cm³/mol. The van der Waals surface area contributed by atoms with Gasteiger partial charge in [-0.1, -0.05) is 0 Å². The van der Waals surface area contributed by atoms with Gasteiger partial charge in [0.15, 0.2) is 23.1 Å². The second kappa shape index (κ2) is 5.63. The molecular weight excluding hydrogens is 248 g/mol. The lowest BCUT2D eigenvalue weighted by atomic mass is 10.0. The minimum atomic E-state index is -1.41. The highest BCUT2D eigenvalue weighted by atomic mass is 19.1. The van der Waals surface area contributed by atoms with Crippen molar-refractivity contribution in [3.8, 4) is 11.5 Å². The molecule has 1 aromatic rings. The van der Waals surface area contributed by atoms with Gasteiger partial charge in [0.25, 0.3) is 0 Å². The van der Waals surface area contributed by atoms with Gasteiger partial charge in [-0.25, -0.2) is 8.78 Å². The van der Waals surface area contributed by atoms with Crippen LogP contribution in [0, 0.1) is 11.6 Å². The normalized spacial score (nSPS) is 12.1. The monoisotopic (exact) mass is 261 g/mol. The Labute approximate surface area is 102 Å². The number of benzene rings is 1. The van der Waals surface area contributed by atoms with Gasteiger partial charge < -0.3 is 20.3 Å². The smallest absolute Gasteiger partial charge is 0.320 e. The summed E-state index contributed by atoms with van der Waals surface area (Å²) >= 11 is 0. The molecule has 0 heterocycles. The Bertz CT molecular complexity index is 437. The lowest BCUT2D eigenvalue weighted by molar-refractivity contribution is -0.138. The minimum absolute atomic E-state index is 0.235. The van der Waals surface area contributed by atoms with Crippen molar-refractivity contribution in [1.82, 2.24) is 0 Å². The van der Waals surface area contributed by atoms with Crippen LogP contribution in [0.5, 0.6) is 11.5 Å². The van der Waals surface area contributed by atoms with E-state index in [0.29, 0.717) is 0 Å². The fourth-order valence-electron chi connectivity index (χ4n) is 1.42. The first-order valence-electron chi connectivity index (χ1n) is 4.99. The maximum atomic E-state index is 13.8. The van der Waals surface area contributed by atoms with Crippen LogP contribution in [0.25, 0.3) is 0 Å². The third-order valence-corrected chi connectivity index (χ3v) is 2.41. The lowest BCUT2D eigenvalue weighted by Crippen LogP contribution is -2.33. The fraction of sp³-hybridized carbons (Fsp3) is 0.364. The van der Waals surface area contributed by atoms with E-state index in [1.54, 1.807) is 0 Å². The van der Waals surface area contributed by atoms with Gasteiger partial charge in [-0.15, -0.1) is 0 Å². The Balaban J connectivity index is 3.27. The van der Waals surface area contributed by atoms with Crippen LogP contribution >= 0.6 is 0 Å². The third-order valence-electron chi connectivity index (χ3n) is 2.41. The Hall–Kier alpha value is -1.89. The van der Waals surface area contributed by atoms with E-state index in [0.717, 1.165) is 6.07 Å². The van der Waals surface area contributed by atoms with E-state index in [9.17, 15) is 13.6 Å². The van der Waals surface area contributed by atoms with Crippen molar-refractivity contribution in [2.24, 2.45) is 5.73 Å². The van der Waals surface area contributed by atoms with Crippen molar-refractivity contribution in [2.75, 3.05) is 14.2 Å². The first-order chi connectivity index (χ1) is 8.42. The molecule has 0 amide bonds. The second-order valence-electron chi connectivity index (χ2n) is 3.54. The largest absolute Gasteiger partial charge is 0.494 e. The number of ether oxygens (including phenoxy) is 2. The quantitative estimate of drug-likeness (QED) is 0.824. The molecule has 0 aromatic heterocycles. The molecule has 0 aliphatic carbocycles. The van der Waals surface area contributed by atoms with E-state index in [1.165, 1.54) is 14.2 Å². The van der Waals surface area contributed by atoms with Crippen LogP contribution in [0.2, 0.25) is 0 Å². The van der Waals surface area contributed by atoms with Crippen molar-refractivity contribution in [3.05, 3.63) is 23.3 Å². The Morgan fingerprint density at radius 1 is 1.33 bits per heavy atom. The van der Waals surface area contributed by atoms with Gasteiger partial charge in [0.1, 0.15) is 6.04 Å². The van der Waals surface area contributed by atoms with Crippen LogP contribution in [0.15, 0.2) is 6.07 Å². The molecule has 0 aliphatic rings. The lowest BCUT2D eigenvalue weighted by Gasteiger charge is -2.14. The van der Waals surface area contributed by atoms with Crippen LogP contribution in [0.3, 0.4) is 0 Å². The third kappa shape index (κ3) is 2.67. The number of carboxylic acid groups (broad SMARTS) is 1. The highest BCUT2D eigenvalue weighted by Crippen LogP contribution is 2.31. The van der Waals surface area contributed by atoms with Gasteiger partial charge in [0.05, 0.1) is 14.2 Å². The molecule has 0 radical (unpaired) electrons. The fourth-order valence-corrected chi connectivity index (χ4v) is 1.42. The predicted octanol–water partition coefficient (Wildman–Crippen LogP) is 0.936.